The highest BCUT2D eigenvalue weighted by molar-refractivity contribution is 5.76. The Morgan fingerprint density at radius 1 is 1.12 bits per heavy atom. The van der Waals surface area contributed by atoms with E-state index in [1.54, 1.807) is 6.92 Å². The van der Waals surface area contributed by atoms with Crippen LogP contribution in [0.2, 0.25) is 0 Å². The van der Waals surface area contributed by atoms with E-state index in [1.165, 1.54) is 0 Å². The van der Waals surface area contributed by atoms with Crippen LogP contribution in [0, 0.1) is 5.92 Å². The van der Waals surface area contributed by atoms with Gasteiger partial charge in [-0.1, -0.05) is 13.8 Å². The Hall–Kier alpha value is -1.59. The fourth-order valence-electron chi connectivity index (χ4n) is 0.888. The molecule has 0 aromatic rings. The number of hydrogen-bond acceptors (Lipinski definition) is 5. The van der Waals surface area contributed by atoms with Gasteiger partial charge in [0.1, 0.15) is 13.2 Å². The highest BCUT2D eigenvalue weighted by Gasteiger charge is 2.12. The fourth-order valence-corrected chi connectivity index (χ4v) is 0.888. The number of hydrogen-bond donors (Lipinski definition) is 1. The van der Waals surface area contributed by atoms with Gasteiger partial charge in [-0.05, 0) is 6.42 Å². The summed E-state index contributed by atoms with van der Waals surface area (Å²) in [7, 11) is 0. The van der Waals surface area contributed by atoms with Crippen molar-refractivity contribution in [2.45, 2.75) is 33.1 Å². The molecule has 0 saturated carbocycles. The van der Waals surface area contributed by atoms with Crippen LogP contribution in [0.5, 0.6) is 0 Å². The first-order chi connectivity index (χ1) is 7.97. The molecule has 0 spiro atoms. The van der Waals surface area contributed by atoms with E-state index in [0.29, 0.717) is 6.42 Å². The smallest absolute Gasteiger partial charge is 0.308 e. The standard InChI is InChI=1S/C11H18O6/c1-3-8(2)11(15)17-7-6-16-10(14)5-4-9(12)13/h8H,3-7H2,1-2H3,(H,12,13). The predicted octanol–water partition coefficient (Wildman–Crippen LogP) is 0.984. The number of carbonyl (C=O) groups excluding carboxylic acids is 2. The largest absolute Gasteiger partial charge is 0.481 e. The van der Waals surface area contributed by atoms with Crippen LogP contribution in [0.25, 0.3) is 0 Å². The summed E-state index contributed by atoms with van der Waals surface area (Å²) in [5.41, 5.74) is 0. The number of carbonyl (C=O) groups is 3. The summed E-state index contributed by atoms with van der Waals surface area (Å²) in [6.45, 7) is 3.58. The number of carboxylic acids is 1. The van der Waals surface area contributed by atoms with Gasteiger partial charge in [0.05, 0.1) is 18.8 Å². The first kappa shape index (κ1) is 15.4. The summed E-state index contributed by atoms with van der Waals surface area (Å²) in [6.07, 6.45) is 0.261. The molecule has 17 heavy (non-hydrogen) atoms. The third-order valence-electron chi connectivity index (χ3n) is 2.15. The lowest BCUT2D eigenvalue weighted by molar-refractivity contribution is -0.155. The lowest BCUT2D eigenvalue weighted by atomic mass is 10.1. The molecule has 0 aliphatic carbocycles. The van der Waals surface area contributed by atoms with Crippen molar-refractivity contribution in [3.63, 3.8) is 0 Å². The molecule has 0 amide bonds. The highest BCUT2D eigenvalue weighted by Crippen LogP contribution is 2.02. The summed E-state index contributed by atoms with van der Waals surface area (Å²) < 4.78 is 9.51. The Labute approximate surface area is 99.9 Å². The molecule has 0 rings (SSSR count). The SMILES string of the molecule is CCC(C)C(=O)OCCOC(=O)CCC(=O)O. The third kappa shape index (κ3) is 8.24. The molecule has 0 aliphatic rings. The van der Waals surface area contributed by atoms with E-state index >= 15 is 0 Å². The topological polar surface area (TPSA) is 89.9 Å². The molecule has 0 fully saturated rings. The monoisotopic (exact) mass is 246 g/mol. The maximum atomic E-state index is 11.2. The van der Waals surface area contributed by atoms with E-state index in [4.69, 9.17) is 9.84 Å². The maximum absolute atomic E-state index is 11.2. The van der Waals surface area contributed by atoms with E-state index in [-0.39, 0.29) is 37.9 Å². The van der Waals surface area contributed by atoms with E-state index in [9.17, 15) is 14.4 Å². The lowest BCUT2D eigenvalue weighted by Gasteiger charge is -2.09. The Morgan fingerprint density at radius 2 is 1.71 bits per heavy atom. The van der Waals surface area contributed by atoms with Gasteiger partial charge in [0.25, 0.3) is 0 Å². The van der Waals surface area contributed by atoms with Crippen LogP contribution in [-0.4, -0.2) is 36.2 Å². The van der Waals surface area contributed by atoms with Crippen molar-refractivity contribution in [2.75, 3.05) is 13.2 Å². The van der Waals surface area contributed by atoms with Crippen LogP contribution in [-0.2, 0) is 23.9 Å². The number of ether oxygens (including phenoxy) is 2. The van der Waals surface area contributed by atoms with Gasteiger partial charge in [0.2, 0.25) is 0 Å². The molecular weight excluding hydrogens is 228 g/mol. The van der Waals surface area contributed by atoms with Crippen molar-refractivity contribution in [1.29, 1.82) is 0 Å². The molecule has 98 valence electrons. The first-order valence-corrected chi connectivity index (χ1v) is 5.51. The molecule has 1 unspecified atom stereocenters. The van der Waals surface area contributed by atoms with Crippen molar-refractivity contribution < 1.29 is 29.0 Å². The molecule has 0 heterocycles. The van der Waals surface area contributed by atoms with Crippen LogP contribution in [0.4, 0.5) is 0 Å². The molecule has 0 aromatic heterocycles. The van der Waals surface area contributed by atoms with Gasteiger partial charge >= 0.3 is 17.9 Å². The van der Waals surface area contributed by atoms with Gasteiger partial charge in [-0.15, -0.1) is 0 Å². The molecule has 6 nitrogen and oxygen atoms in total. The normalized spacial score (nSPS) is 11.6. The summed E-state index contributed by atoms with van der Waals surface area (Å²) in [5.74, 6) is -2.15. The van der Waals surface area contributed by atoms with Crippen molar-refractivity contribution in [3.05, 3.63) is 0 Å². The number of aliphatic carboxylic acids is 1. The fraction of sp³-hybridized carbons (Fsp3) is 0.727. The quantitative estimate of drug-likeness (QED) is 0.507. The Kier molecular flexibility index (Phi) is 7.75. The predicted molar refractivity (Wildman–Crippen MR) is 58.2 cm³/mol. The molecule has 0 aliphatic heterocycles. The van der Waals surface area contributed by atoms with Gasteiger partial charge in [0.15, 0.2) is 0 Å². The van der Waals surface area contributed by atoms with Crippen LogP contribution < -0.4 is 0 Å². The summed E-state index contributed by atoms with van der Waals surface area (Å²) >= 11 is 0. The highest BCUT2D eigenvalue weighted by atomic mass is 16.6. The zero-order valence-electron chi connectivity index (χ0n) is 10.1. The molecular formula is C11H18O6. The average Bonchev–Trinajstić information content (AvgIpc) is 2.30. The minimum absolute atomic E-state index is 0.00197. The average molecular weight is 246 g/mol. The van der Waals surface area contributed by atoms with Crippen molar-refractivity contribution in [3.8, 4) is 0 Å². The van der Waals surface area contributed by atoms with E-state index in [1.807, 2.05) is 6.92 Å². The molecule has 0 radical (unpaired) electrons. The van der Waals surface area contributed by atoms with E-state index < -0.39 is 11.9 Å². The van der Waals surface area contributed by atoms with Crippen molar-refractivity contribution >= 4 is 17.9 Å². The second-order valence-corrected chi connectivity index (χ2v) is 3.59. The molecule has 0 saturated heterocycles. The van der Waals surface area contributed by atoms with Gasteiger partial charge < -0.3 is 14.6 Å². The minimum atomic E-state index is -1.05. The Bertz CT molecular complexity index is 273. The van der Waals surface area contributed by atoms with Crippen LogP contribution in [0.15, 0.2) is 0 Å². The molecule has 0 bridgehead atoms. The van der Waals surface area contributed by atoms with E-state index in [0.717, 1.165) is 0 Å². The zero-order chi connectivity index (χ0) is 13.3. The van der Waals surface area contributed by atoms with Crippen LogP contribution in [0.3, 0.4) is 0 Å². The van der Waals surface area contributed by atoms with Crippen LogP contribution in [0.1, 0.15) is 33.1 Å². The van der Waals surface area contributed by atoms with Gasteiger partial charge in [-0.3, -0.25) is 14.4 Å². The number of esters is 2. The zero-order valence-corrected chi connectivity index (χ0v) is 10.1. The number of rotatable bonds is 8. The van der Waals surface area contributed by atoms with Gasteiger partial charge in [-0.25, -0.2) is 0 Å². The van der Waals surface area contributed by atoms with Gasteiger partial charge in [0, 0.05) is 0 Å². The summed E-state index contributed by atoms with van der Waals surface area (Å²) in [5, 5.41) is 8.32. The number of carboxylic acid groups (broad SMARTS) is 1. The second kappa shape index (κ2) is 8.55. The lowest BCUT2D eigenvalue weighted by Crippen LogP contribution is -2.18. The molecule has 1 atom stereocenters. The van der Waals surface area contributed by atoms with Crippen molar-refractivity contribution in [1.82, 2.24) is 0 Å². The maximum Gasteiger partial charge on any atom is 0.308 e. The van der Waals surface area contributed by atoms with Crippen LogP contribution >= 0.6 is 0 Å². The van der Waals surface area contributed by atoms with E-state index in [2.05, 4.69) is 4.74 Å². The molecule has 0 aromatic carbocycles. The molecule has 6 heteroatoms. The van der Waals surface area contributed by atoms with Crippen molar-refractivity contribution in [2.24, 2.45) is 5.92 Å². The summed E-state index contributed by atoms with van der Waals surface area (Å²) in [6, 6.07) is 0. The third-order valence-corrected chi connectivity index (χ3v) is 2.15. The molecule has 1 N–H and O–H groups in total. The Balaban J connectivity index is 3.54. The second-order valence-electron chi connectivity index (χ2n) is 3.59. The van der Waals surface area contributed by atoms with Gasteiger partial charge in [-0.2, -0.15) is 0 Å². The first-order valence-electron chi connectivity index (χ1n) is 5.51. The minimum Gasteiger partial charge on any atom is -0.481 e. The Morgan fingerprint density at radius 3 is 2.24 bits per heavy atom. The summed E-state index contributed by atoms with van der Waals surface area (Å²) in [4.78, 5) is 32.3.